The van der Waals surface area contributed by atoms with Crippen LogP contribution in [0.1, 0.15) is 64.3 Å². The van der Waals surface area contributed by atoms with Crippen LogP contribution in [0.25, 0.3) is 0 Å². The fourth-order valence-corrected chi connectivity index (χ4v) is 2.32. The largest absolute Gasteiger partial charge is 0.469 e. The number of rotatable bonds is 3. The van der Waals surface area contributed by atoms with E-state index in [2.05, 4.69) is 9.72 Å². The van der Waals surface area contributed by atoms with E-state index in [1.165, 1.54) is 26.4 Å². The molecule has 2 rings (SSSR count). The van der Waals surface area contributed by atoms with E-state index in [1.54, 1.807) is 0 Å². The van der Waals surface area contributed by atoms with Gasteiger partial charge in [0.15, 0.2) is 0 Å². The Hall–Kier alpha value is -1.42. The molecule has 0 atom stereocenters. The van der Waals surface area contributed by atoms with E-state index in [4.69, 9.17) is 5.11 Å². The minimum atomic E-state index is -0.0142. The molecule has 0 bridgehead atoms. The number of hydrogen-bond acceptors (Lipinski definition) is 4. The molecular weight excluding hydrogens is 278 g/mol. The molecule has 0 saturated heterocycles. The summed E-state index contributed by atoms with van der Waals surface area (Å²) in [6.07, 6.45) is 6.67. The standard InChI is InChI=1S/C8H11NO.C8H14O2.C2H6/c1-2-7-4-3-5-8(6-10)9-7;1-10-8(9)7-5-3-2-4-6-7;1-2/h3-5,10H,2,6H2,1H3;7H,2-6H2,1H3;1-2H3. The Kier molecular flexibility index (Phi) is 12.4. The third-order valence-electron chi connectivity index (χ3n) is 3.53. The second kappa shape index (κ2) is 13.3. The van der Waals surface area contributed by atoms with Crippen LogP contribution in [-0.2, 0) is 22.6 Å². The lowest BCUT2D eigenvalue weighted by atomic mass is 9.89. The van der Waals surface area contributed by atoms with E-state index < -0.39 is 0 Å². The van der Waals surface area contributed by atoms with Gasteiger partial charge in [-0.25, -0.2) is 0 Å². The van der Waals surface area contributed by atoms with Crippen molar-refractivity contribution >= 4 is 5.97 Å². The number of nitrogens with zero attached hydrogens (tertiary/aromatic N) is 1. The molecule has 1 fully saturated rings. The van der Waals surface area contributed by atoms with Gasteiger partial charge in [-0.15, -0.1) is 0 Å². The molecule has 0 spiro atoms. The number of hydrogen-bond donors (Lipinski definition) is 1. The van der Waals surface area contributed by atoms with Gasteiger partial charge in [0.05, 0.1) is 25.3 Å². The molecule has 1 aliphatic carbocycles. The lowest BCUT2D eigenvalue weighted by Gasteiger charge is -2.18. The molecule has 1 N–H and O–H groups in total. The van der Waals surface area contributed by atoms with Crippen molar-refractivity contribution < 1.29 is 14.6 Å². The zero-order valence-corrected chi connectivity index (χ0v) is 14.5. The number of aliphatic hydroxyl groups excluding tert-OH is 1. The van der Waals surface area contributed by atoms with Crippen LogP contribution in [0.15, 0.2) is 18.2 Å². The molecule has 4 nitrogen and oxygen atoms in total. The van der Waals surface area contributed by atoms with Crippen molar-refractivity contribution in [1.82, 2.24) is 4.98 Å². The minimum absolute atomic E-state index is 0.0142. The third-order valence-corrected chi connectivity index (χ3v) is 3.53. The summed E-state index contributed by atoms with van der Waals surface area (Å²) in [5, 5.41) is 8.70. The Balaban J connectivity index is 0.000000360. The van der Waals surface area contributed by atoms with Gasteiger partial charge in [0.1, 0.15) is 0 Å². The minimum Gasteiger partial charge on any atom is -0.469 e. The highest BCUT2D eigenvalue weighted by atomic mass is 16.5. The molecule has 4 heteroatoms. The number of carbonyl (C=O) groups excluding carboxylic acids is 1. The molecule has 0 aromatic carbocycles. The summed E-state index contributed by atoms with van der Waals surface area (Å²) >= 11 is 0. The first-order chi connectivity index (χ1) is 10.7. The number of aliphatic hydroxyl groups is 1. The van der Waals surface area contributed by atoms with Crippen LogP contribution >= 0.6 is 0 Å². The number of aromatic nitrogens is 1. The van der Waals surface area contributed by atoms with Gasteiger partial charge < -0.3 is 9.84 Å². The molecule has 1 aromatic rings. The Morgan fingerprint density at radius 1 is 1.23 bits per heavy atom. The maximum Gasteiger partial charge on any atom is 0.308 e. The summed E-state index contributed by atoms with van der Waals surface area (Å²) < 4.78 is 4.65. The maximum absolute atomic E-state index is 10.9. The summed E-state index contributed by atoms with van der Waals surface area (Å²) in [6.45, 7) is 6.08. The molecule has 0 radical (unpaired) electrons. The highest BCUT2D eigenvalue weighted by Crippen LogP contribution is 2.24. The van der Waals surface area contributed by atoms with Crippen LogP contribution in [0.2, 0.25) is 0 Å². The van der Waals surface area contributed by atoms with Crippen LogP contribution in [0, 0.1) is 5.92 Å². The van der Waals surface area contributed by atoms with Gasteiger partial charge in [-0.1, -0.05) is 46.1 Å². The Morgan fingerprint density at radius 2 is 1.82 bits per heavy atom. The van der Waals surface area contributed by atoms with Gasteiger partial charge in [0, 0.05) is 5.69 Å². The molecule has 1 saturated carbocycles. The average molecular weight is 309 g/mol. The van der Waals surface area contributed by atoms with Gasteiger partial charge in [-0.3, -0.25) is 9.78 Å². The molecule has 0 unspecified atom stereocenters. The average Bonchev–Trinajstić information content (AvgIpc) is 2.64. The number of ether oxygens (including phenoxy) is 1. The predicted molar refractivity (Wildman–Crippen MR) is 89.5 cm³/mol. The van der Waals surface area contributed by atoms with Crippen molar-refractivity contribution in [3.8, 4) is 0 Å². The molecule has 0 aliphatic heterocycles. The monoisotopic (exact) mass is 309 g/mol. The Labute approximate surface area is 134 Å². The summed E-state index contributed by atoms with van der Waals surface area (Å²) in [4.78, 5) is 15.1. The van der Waals surface area contributed by atoms with Crippen molar-refractivity contribution in [3.63, 3.8) is 0 Å². The van der Waals surface area contributed by atoms with Crippen molar-refractivity contribution in [2.45, 2.75) is 65.9 Å². The van der Waals surface area contributed by atoms with Gasteiger partial charge >= 0.3 is 5.97 Å². The van der Waals surface area contributed by atoms with Crippen LogP contribution in [-0.4, -0.2) is 23.2 Å². The number of esters is 1. The molecule has 1 aromatic heterocycles. The van der Waals surface area contributed by atoms with Crippen molar-refractivity contribution in [2.24, 2.45) is 5.92 Å². The fourth-order valence-electron chi connectivity index (χ4n) is 2.32. The SMILES string of the molecule is CC.CCc1cccc(CO)n1.COC(=O)C1CCCCC1. The summed E-state index contributed by atoms with van der Waals surface area (Å²) in [7, 11) is 1.47. The molecule has 126 valence electrons. The predicted octanol–water partition coefficient (Wildman–Crippen LogP) is 3.90. The molecule has 1 aliphatic rings. The van der Waals surface area contributed by atoms with Gasteiger partial charge in [-0.05, 0) is 31.4 Å². The first-order valence-corrected chi connectivity index (χ1v) is 8.34. The normalized spacial score (nSPS) is 14.0. The Morgan fingerprint density at radius 3 is 2.32 bits per heavy atom. The zero-order valence-electron chi connectivity index (χ0n) is 14.5. The molecule has 0 amide bonds. The third kappa shape index (κ3) is 8.13. The van der Waals surface area contributed by atoms with E-state index in [9.17, 15) is 4.79 Å². The van der Waals surface area contributed by atoms with Gasteiger partial charge in [-0.2, -0.15) is 0 Å². The topological polar surface area (TPSA) is 59.4 Å². The number of carbonyl (C=O) groups is 1. The molecular formula is C18H31NO3. The fraction of sp³-hybridized carbons (Fsp3) is 0.667. The first-order valence-electron chi connectivity index (χ1n) is 8.34. The van der Waals surface area contributed by atoms with E-state index in [1.807, 2.05) is 39.0 Å². The van der Waals surface area contributed by atoms with Crippen LogP contribution in [0.5, 0.6) is 0 Å². The first kappa shape index (κ1) is 20.6. The zero-order chi connectivity index (χ0) is 16.8. The van der Waals surface area contributed by atoms with E-state index in [0.29, 0.717) is 0 Å². The number of methoxy groups -OCH3 is 1. The Bertz CT molecular complexity index is 382. The van der Waals surface area contributed by atoms with Gasteiger partial charge in [0.25, 0.3) is 0 Å². The lowest BCUT2D eigenvalue weighted by Crippen LogP contribution is -2.18. The smallest absolute Gasteiger partial charge is 0.308 e. The van der Waals surface area contributed by atoms with Gasteiger partial charge in [0.2, 0.25) is 0 Å². The number of pyridine rings is 1. The summed E-state index contributed by atoms with van der Waals surface area (Å²) in [6, 6.07) is 5.69. The lowest BCUT2D eigenvalue weighted by molar-refractivity contribution is -0.146. The van der Waals surface area contributed by atoms with E-state index in [0.717, 1.165) is 30.7 Å². The maximum atomic E-state index is 10.9. The molecule has 22 heavy (non-hydrogen) atoms. The second-order valence-electron chi connectivity index (χ2n) is 4.99. The van der Waals surface area contributed by atoms with Crippen LogP contribution in [0.3, 0.4) is 0 Å². The quantitative estimate of drug-likeness (QED) is 0.860. The van der Waals surface area contributed by atoms with Crippen LogP contribution in [0.4, 0.5) is 0 Å². The van der Waals surface area contributed by atoms with Crippen molar-refractivity contribution in [2.75, 3.05) is 7.11 Å². The number of aryl methyl sites for hydroxylation is 1. The van der Waals surface area contributed by atoms with Crippen molar-refractivity contribution in [3.05, 3.63) is 29.6 Å². The summed E-state index contributed by atoms with van der Waals surface area (Å²) in [5.74, 6) is 0.193. The highest BCUT2D eigenvalue weighted by molar-refractivity contribution is 5.72. The van der Waals surface area contributed by atoms with Crippen molar-refractivity contribution in [1.29, 1.82) is 0 Å². The summed E-state index contributed by atoms with van der Waals surface area (Å²) in [5.41, 5.74) is 1.78. The highest BCUT2D eigenvalue weighted by Gasteiger charge is 2.20. The second-order valence-corrected chi connectivity index (χ2v) is 4.99. The molecule has 1 heterocycles. The van der Waals surface area contributed by atoms with Crippen LogP contribution < -0.4 is 0 Å². The van der Waals surface area contributed by atoms with E-state index in [-0.39, 0.29) is 18.5 Å². The van der Waals surface area contributed by atoms with E-state index >= 15 is 0 Å².